The van der Waals surface area contributed by atoms with Gasteiger partial charge in [0.2, 0.25) is 0 Å². The molecule has 2 N–H and O–H groups in total. The second kappa shape index (κ2) is 9.37. The minimum Gasteiger partial charge on any atom is -0.322 e. The summed E-state index contributed by atoms with van der Waals surface area (Å²) in [5.74, 6) is -3.87. The van der Waals surface area contributed by atoms with Gasteiger partial charge in [-0.1, -0.05) is 60.7 Å². The summed E-state index contributed by atoms with van der Waals surface area (Å²) in [6.07, 6.45) is 0.807. The van der Waals surface area contributed by atoms with Crippen molar-refractivity contribution in [2.45, 2.75) is 31.8 Å². The van der Waals surface area contributed by atoms with E-state index in [1.165, 1.54) is 0 Å². The lowest BCUT2D eigenvalue weighted by Gasteiger charge is -2.22. The van der Waals surface area contributed by atoms with Crippen LogP contribution in [0.25, 0.3) is 0 Å². The van der Waals surface area contributed by atoms with Gasteiger partial charge < -0.3 is 5.32 Å². The molecule has 2 aromatic rings. The van der Waals surface area contributed by atoms with Crippen LogP contribution in [-0.4, -0.2) is 62.6 Å². The number of carbonyl (C=O) groups is 6. The van der Waals surface area contributed by atoms with Crippen molar-refractivity contribution in [3.8, 4) is 0 Å². The molecule has 2 aromatic carbocycles. The fraction of sp³-hybridized carbons (Fsp3) is 0.250. The first-order valence-electron chi connectivity index (χ1n) is 10.9. The highest BCUT2D eigenvalue weighted by atomic mass is 16.2. The van der Waals surface area contributed by atoms with Crippen LogP contribution in [0.1, 0.15) is 24.5 Å². The number of nitrogens with zero attached hydrogens (tertiary/aromatic N) is 3. The van der Waals surface area contributed by atoms with E-state index < -0.39 is 47.8 Å². The molecule has 180 valence electrons. The highest BCUT2D eigenvalue weighted by molar-refractivity contribution is 6.45. The van der Waals surface area contributed by atoms with E-state index in [2.05, 4.69) is 10.7 Å². The van der Waals surface area contributed by atoms with E-state index in [1.807, 2.05) is 30.3 Å². The molecule has 35 heavy (non-hydrogen) atoms. The van der Waals surface area contributed by atoms with E-state index in [9.17, 15) is 28.8 Å². The van der Waals surface area contributed by atoms with E-state index in [0.717, 1.165) is 10.5 Å². The first-order chi connectivity index (χ1) is 16.7. The number of benzene rings is 2. The molecule has 1 atom stereocenters. The molecule has 0 unspecified atom stereocenters. The fourth-order valence-corrected chi connectivity index (χ4v) is 3.89. The minimum atomic E-state index is -1.25. The highest BCUT2D eigenvalue weighted by Crippen LogP contribution is 2.22. The summed E-state index contributed by atoms with van der Waals surface area (Å²) in [5.41, 5.74) is 2.50. The number of hydrogen-bond acceptors (Lipinski definition) is 6. The van der Waals surface area contributed by atoms with Gasteiger partial charge >= 0.3 is 23.9 Å². The Kier molecular flexibility index (Phi) is 6.32. The Morgan fingerprint density at radius 1 is 0.857 bits per heavy atom. The average molecular weight is 477 g/mol. The molecule has 2 aliphatic rings. The van der Waals surface area contributed by atoms with E-state index >= 15 is 0 Å². The summed E-state index contributed by atoms with van der Waals surface area (Å²) in [6.45, 7) is 0.595. The molecular weight excluding hydrogens is 454 g/mol. The Morgan fingerprint density at radius 2 is 1.43 bits per heavy atom. The van der Waals surface area contributed by atoms with E-state index in [0.29, 0.717) is 28.3 Å². The normalized spacial score (nSPS) is 20.0. The fourth-order valence-electron chi connectivity index (χ4n) is 3.89. The lowest BCUT2D eigenvalue weighted by Crippen LogP contribution is -2.52. The number of urea groups is 2. The molecule has 0 spiro atoms. The van der Waals surface area contributed by atoms with Gasteiger partial charge in [0.25, 0.3) is 11.8 Å². The SMILES string of the molecule is C[C@@]1(CCc2ccccc2)NC(=O)N(NC(=O)CN2C(=O)C(=O)N(Cc3ccccc3)C2=O)C1=O. The van der Waals surface area contributed by atoms with E-state index in [4.69, 9.17) is 0 Å². The Balaban J connectivity index is 1.37. The number of amides is 8. The summed E-state index contributed by atoms with van der Waals surface area (Å²) in [7, 11) is 0. The van der Waals surface area contributed by atoms with Crippen LogP contribution in [-0.2, 0) is 32.1 Å². The van der Waals surface area contributed by atoms with Crippen LogP contribution in [0.5, 0.6) is 0 Å². The molecule has 11 heteroatoms. The third kappa shape index (κ3) is 4.74. The minimum absolute atomic E-state index is 0.130. The van der Waals surface area contributed by atoms with Crippen LogP contribution in [0.2, 0.25) is 0 Å². The van der Waals surface area contributed by atoms with Crippen molar-refractivity contribution >= 4 is 35.7 Å². The zero-order valence-electron chi connectivity index (χ0n) is 18.9. The second-order valence-electron chi connectivity index (χ2n) is 8.47. The lowest BCUT2D eigenvalue weighted by atomic mass is 9.93. The third-order valence-electron chi connectivity index (χ3n) is 5.87. The number of nitrogens with one attached hydrogen (secondary N) is 2. The van der Waals surface area contributed by atoms with Gasteiger partial charge in [-0.25, -0.2) is 14.5 Å². The van der Waals surface area contributed by atoms with Crippen molar-refractivity contribution in [3.05, 3.63) is 71.8 Å². The molecule has 2 fully saturated rings. The third-order valence-corrected chi connectivity index (χ3v) is 5.87. The van der Waals surface area contributed by atoms with Crippen LogP contribution in [0.15, 0.2) is 60.7 Å². The van der Waals surface area contributed by atoms with Crippen molar-refractivity contribution in [3.63, 3.8) is 0 Å². The van der Waals surface area contributed by atoms with Crippen molar-refractivity contribution in [2.75, 3.05) is 6.54 Å². The van der Waals surface area contributed by atoms with Crippen molar-refractivity contribution < 1.29 is 28.8 Å². The van der Waals surface area contributed by atoms with Crippen LogP contribution in [0.4, 0.5) is 9.59 Å². The first-order valence-corrected chi connectivity index (χ1v) is 10.9. The molecule has 0 aliphatic carbocycles. The summed E-state index contributed by atoms with van der Waals surface area (Å²) in [6, 6.07) is 16.2. The number of aryl methyl sites for hydroxylation is 1. The van der Waals surface area contributed by atoms with Crippen LogP contribution < -0.4 is 10.7 Å². The van der Waals surface area contributed by atoms with Gasteiger partial charge in [0.15, 0.2) is 0 Å². The molecule has 0 aromatic heterocycles. The zero-order chi connectivity index (χ0) is 25.2. The smallest absolute Gasteiger partial charge is 0.322 e. The van der Waals surface area contributed by atoms with Gasteiger partial charge in [0, 0.05) is 0 Å². The Labute approximate surface area is 200 Å². The number of rotatable bonds is 8. The second-order valence-corrected chi connectivity index (χ2v) is 8.47. The molecule has 4 rings (SSSR count). The molecule has 2 saturated heterocycles. The Bertz CT molecular complexity index is 1200. The van der Waals surface area contributed by atoms with Crippen molar-refractivity contribution in [2.24, 2.45) is 0 Å². The lowest BCUT2D eigenvalue weighted by molar-refractivity contribution is -0.145. The predicted octanol–water partition coefficient (Wildman–Crippen LogP) is 0.952. The van der Waals surface area contributed by atoms with Gasteiger partial charge in [0.1, 0.15) is 12.1 Å². The average Bonchev–Trinajstić information content (AvgIpc) is 3.18. The largest absolute Gasteiger partial charge is 0.344 e. The predicted molar refractivity (Wildman–Crippen MR) is 121 cm³/mol. The van der Waals surface area contributed by atoms with Gasteiger partial charge in [-0.2, -0.15) is 5.01 Å². The first kappa shape index (κ1) is 23.6. The molecular formula is C24H23N5O6. The van der Waals surface area contributed by atoms with Crippen LogP contribution in [0, 0.1) is 0 Å². The van der Waals surface area contributed by atoms with E-state index in [-0.39, 0.29) is 6.54 Å². The molecule has 11 nitrogen and oxygen atoms in total. The van der Waals surface area contributed by atoms with E-state index in [1.54, 1.807) is 37.3 Å². The van der Waals surface area contributed by atoms with Gasteiger partial charge in [-0.05, 0) is 30.9 Å². The summed E-state index contributed by atoms with van der Waals surface area (Å²) < 4.78 is 0. The number of hydrogen-bond donors (Lipinski definition) is 2. The number of imide groups is 3. The summed E-state index contributed by atoms with van der Waals surface area (Å²) in [4.78, 5) is 76.3. The van der Waals surface area contributed by atoms with Crippen molar-refractivity contribution in [1.29, 1.82) is 0 Å². The zero-order valence-corrected chi connectivity index (χ0v) is 18.9. The highest BCUT2D eigenvalue weighted by Gasteiger charge is 2.49. The topological polar surface area (TPSA) is 136 Å². The molecule has 0 saturated carbocycles. The maximum atomic E-state index is 12.9. The van der Waals surface area contributed by atoms with Gasteiger partial charge in [0.05, 0.1) is 6.54 Å². The summed E-state index contributed by atoms with van der Waals surface area (Å²) >= 11 is 0. The van der Waals surface area contributed by atoms with Gasteiger partial charge in [-0.3, -0.25) is 29.5 Å². The quantitative estimate of drug-likeness (QED) is 0.429. The molecule has 8 amide bonds. The molecule has 0 radical (unpaired) electrons. The summed E-state index contributed by atoms with van der Waals surface area (Å²) in [5, 5.41) is 3.10. The van der Waals surface area contributed by atoms with Gasteiger partial charge in [-0.15, -0.1) is 0 Å². The van der Waals surface area contributed by atoms with Crippen LogP contribution >= 0.6 is 0 Å². The standard InChI is InChI=1S/C24H23N5O6/c1-24(13-12-16-8-4-2-5-9-16)21(33)29(22(34)25-24)26-18(30)15-28-20(32)19(31)27(23(28)35)14-17-10-6-3-7-11-17/h2-11H,12-15H2,1H3,(H,25,34)(H,26,30)/t24-/m0/s1. The Hall–Kier alpha value is -4.54. The number of carbonyl (C=O) groups excluding carboxylic acids is 6. The Morgan fingerprint density at radius 3 is 2.06 bits per heavy atom. The molecule has 2 heterocycles. The van der Waals surface area contributed by atoms with Crippen LogP contribution in [0.3, 0.4) is 0 Å². The monoisotopic (exact) mass is 477 g/mol. The maximum Gasteiger partial charge on any atom is 0.344 e. The molecule has 2 aliphatic heterocycles. The number of hydrazine groups is 1. The maximum absolute atomic E-state index is 12.9. The van der Waals surface area contributed by atoms with Crippen molar-refractivity contribution in [1.82, 2.24) is 25.6 Å². The molecule has 0 bridgehead atoms.